The molecule has 0 saturated heterocycles. The molecule has 35 heavy (non-hydrogen) atoms. The summed E-state index contributed by atoms with van der Waals surface area (Å²) in [6, 6.07) is 21.6. The minimum absolute atomic E-state index is 0.0683. The summed E-state index contributed by atoms with van der Waals surface area (Å²) >= 11 is 0. The Kier molecular flexibility index (Phi) is 8.55. The largest absolute Gasteiger partial charge is 0.494 e. The van der Waals surface area contributed by atoms with Crippen LogP contribution < -0.4 is 10.1 Å². The Morgan fingerprint density at radius 3 is 1.69 bits per heavy atom. The zero-order chi connectivity index (χ0) is 25.2. The van der Waals surface area contributed by atoms with E-state index in [4.69, 9.17) is 14.2 Å². The van der Waals surface area contributed by atoms with E-state index in [2.05, 4.69) is 5.32 Å². The van der Waals surface area contributed by atoms with Crippen LogP contribution in [0.4, 0.5) is 5.69 Å². The van der Waals surface area contributed by atoms with Gasteiger partial charge < -0.3 is 24.6 Å². The minimum Gasteiger partial charge on any atom is -0.494 e. The van der Waals surface area contributed by atoms with Gasteiger partial charge in [0.1, 0.15) is 5.75 Å². The average molecular weight is 477 g/mol. The van der Waals surface area contributed by atoms with E-state index in [-0.39, 0.29) is 16.8 Å². The number of rotatable bonds is 10. The number of ether oxygens (including phenoxy) is 3. The number of carboxylic acids is 1. The van der Waals surface area contributed by atoms with Crippen LogP contribution in [0.3, 0.4) is 0 Å². The predicted octanol–water partition coefficient (Wildman–Crippen LogP) is 3.56. The van der Waals surface area contributed by atoms with E-state index >= 15 is 0 Å². The fourth-order valence-corrected chi connectivity index (χ4v) is 3.02. The molecule has 2 atom stereocenters. The summed E-state index contributed by atoms with van der Waals surface area (Å²) in [7, 11) is 0. The van der Waals surface area contributed by atoms with Gasteiger partial charge in [-0.15, -0.1) is 0 Å². The summed E-state index contributed by atoms with van der Waals surface area (Å²) in [5, 5.41) is 12.3. The molecule has 3 aromatic carbocycles. The van der Waals surface area contributed by atoms with Crippen LogP contribution in [0, 0.1) is 0 Å². The lowest BCUT2D eigenvalue weighted by atomic mass is 10.1. The van der Waals surface area contributed by atoms with Crippen LogP contribution in [0.5, 0.6) is 5.75 Å². The van der Waals surface area contributed by atoms with Gasteiger partial charge in [0.2, 0.25) is 12.2 Å². The number of carboxylic acid groups (broad SMARTS) is 1. The smallest absolute Gasteiger partial charge is 0.349 e. The second-order valence-electron chi connectivity index (χ2n) is 7.17. The first-order chi connectivity index (χ1) is 16.9. The Bertz CT molecular complexity index is 1160. The average Bonchev–Trinajstić information content (AvgIpc) is 2.88. The van der Waals surface area contributed by atoms with Crippen LogP contribution in [0.1, 0.15) is 27.6 Å². The molecule has 0 aliphatic heterocycles. The van der Waals surface area contributed by atoms with Crippen molar-refractivity contribution < 1.29 is 38.5 Å². The molecule has 0 saturated carbocycles. The Balaban J connectivity index is 1.87. The molecule has 9 nitrogen and oxygen atoms in total. The van der Waals surface area contributed by atoms with E-state index < -0.39 is 36.0 Å². The lowest BCUT2D eigenvalue weighted by Crippen LogP contribution is -2.48. The van der Waals surface area contributed by atoms with Gasteiger partial charge in [0.25, 0.3) is 5.91 Å². The predicted molar refractivity (Wildman–Crippen MR) is 125 cm³/mol. The number of esters is 2. The molecule has 180 valence electrons. The number of aliphatic carboxylic acids is 1. The van der Waals surface area contributed by atoms with E-state index in [9.17, 15) is 24.3 Å². The van der Waals surface area contributed by atoms with Gasteiger partial charge >= 0.3 is 17.9 Å². The van der Waals surface area contributed by atoms with E-state index in [1.54, 1.807) is 48.5 Å². The van der Waals surface area contributed by atoms with Gasteiger partial charge in [0.05, 0.1) is 17.7 Å². The van der Waals surface area contributed by atoms with Crippen molar-refractivity contribution in [3.63, 3.8) is 0 Å². The Labute approximate surface area is 201 Å². The molecule has 3 rings (SSSR count). The molecular formula is C26H23NO8. The summed E-state index contributed by atoms with van der Waals surface area (Å²) < 4.78 is 15.7. The highest BCUT2D eigenvalue weighted by Crippen LogP contribution is 2.18. The maximum absolute atomic E-state index is 13.1. The highest BCUT2D eigenvalue weighted by Gasteiger charge is 2.41. The van der Waals surface area contributed by atoms with Gasteiger partial charge in [-0.25, -0.2) is 14.4 Å². The highest BCUT2D eigenvalue weighted by atomic mass is 16.6. The first-order valence-electron chi connectivity index (χ1n) is 10.7. The van der Waals surface area contributed by atoms with E-state index in [0.29, 0.717) is 12.4 Å². The van der Waals surface area contributed by atoms with Gasteiger partial charge in [0.15, 0.2) is 0 Å². The number of anilines is 1. The van der Waals surface area contributed by atoms with Crippen LogP contribution in [0.15, 0.2) is 84.9 Å². The van der Waals surface area contributed by atoms with Gasteiger partial charge in [-0.05, 0) is 55.5 Å². The zero-order valence-electron chi connectivity index (χ0n) is 18.7. The van der Waals surface area contributed by atoms with Crippen molar-refractivity contribution in [3.8, 4) is 5.75 Å². The number of hydrogen-bond donors (Lipinski definition) is 2. The van der Waals surface area contributed by atoms with E-state index in [0.717, 1.165) is 0 Å². The topological polar surface area (TPSA) is 128 Å². The lowest BCUT2D eigenvalue weighted by molar-refractivity contribution is -0.157. The van der Waals surface area contributed by atoms with Gasteiger partial charge in [-0.2, -0.15) is 0 Å². The van der Waals surface area contributed by atoms with E-state index in [1.165, 1.54) is 36.4 Å². The van der Waals surface area contributed by atoms with Crippen molar-refractivity contribution in [2.45, 2.75) is 19.1 Å². The Morgan fingerprint density at radius 1 is 0.743 bits per heavy atom. The summed E-state index contributed by atoms with van der Waals surface area (Å²) in [6.45, 7) is 2.28. The molecule has 0 radical (unpaired) electrons. The number of amides is 1. The zero-order valence-corrected chi connectivity index (χ0v) is 18.7. The molecule has 0 heterocycles. The van der Waals surface area contributed by atoms with Crippen molar-refractivity contribution in [1.29, 1.82) is 0 Å². The molecule has 0 fully saturated rings. The molecule has 2 N–H and O–H groups in total. The molecule has 0 aliphatic rings. The van der Waals surface area contributed by atoms with Gasteiger partial charge in [0, 0.05) is 5.69 Å². The minimum atomic E-state index is -2.11. The fraction of sp³-hybridized carbons (Fsp3) is 0.154. The maximum atomic E-state index is 13.1. The number of hydrogen-bond acceptors (Lipinski definition) is 7. The van der Waals surface area contributed by atoms with E-state index in [1.807, 2.05) is 6.92 Å². The van der Waals surface area contributed by atoms with Crippen LogP contribution >= 0.6 is 0 Å². The first kappa shape index (κ1) is 25.0. The van der Waals surface area contributed by atoms with Crippen LogP contribution in [0.2, 0.25) is 0 Å². The molecule has 0 bridgehead atoms. The number of carbonyl (C=O) groups is 4. The summed E-state index contributed by atoms with van der Waals surface area (Å²) in [5.74, 6) is -4.04. The van der Waals surface area contributed by atoms with Crippen LogP contribution in [0.25, 0.3) is 0 Å². The molecule has 1 amide bonds. The second kappa shape index (κ2) is 12.0. The standard InChI is InChI=1S/C26H23NO8/c1-2-33-20-15-13-19(14-16-20)27-23(28)21(34-25(31)17-9-5-3-6-10-17)22(24(29)30)35-26(32)18-11-7-4-8-12-18/h3-16,21-22H,2H2,1H3,(H,27,28)(H,29,30)/t21-,22+/m1/s1. The Hall–Kier alpha value is -4.66. The molecule has 0 spiro atoms. The molecule has 9 heteroatoms. The molecule has 0 aromatic heterocycles. The summed E-state index contributed by atoms with van der Waals surface area (Å²) in [6.07, 6.45) is -4.10. The second-order valence-corrected chi connectivity index (χ2v) is 7.17. The molecule has 3 aromatic rings. The number of nitrogens with one attached hydrogen (secondary N) is 1. The van der Waals surface area contributed by atoms with Gasteiger partial charge in [-0.1, -0.05) is 36.4 Å². The summed E-state index contributed by atoms with van der Waals surface area (Å²) in [5.41, 5.74) is 0.446. The number of benzene rings is 3. The molecule has 0 unspecified atom stereocenters. The maximum Gasteiger partial charge on any atom is 0.349 e. The third-order valence-electron chi connectivity index (χ3n) is 4.70. The van der Waals surface area contributed by atoms with Crippen molar-refractivity contribution in [2.75, 3.05) is 11.9 Å². The molecular weight excluding hydrogens is 454 g/mol. The van der Waals surface area contributed by atoms with Crippen molar-refractivity contribution >= 4 is 29.5 Å². The first-order valence-corrected chi connectivity index (χ1v) is 10.7. The van der Waals surface area contributed by atoms with Crippen molar-refractivity contribution in [1.82, 2.24) is 0 Å². The fourth-order valence-electron chi connectivity index (χ4n) is 3.02. The third kappa shape index (κ3) is 6.91. The summed E-state index contributed by atoms with van der Waals surface area (Å²) in [4.78, 5) is 50.3. The SMILES string of the molecule is CCOc1ccc(NC(=O)[C@H](OC(=O)c2ccccc2)[C@H](OC(=O)c2ccccc2)C(=O)O)cc1. The van der Waals surface area contributed by atoms with Gasteiger partial charge in [-0.3, -0.25) is 4.79 Å². The van der Waals surface area contributed by atoms with Crippen molar-refractivity contribution in [2.24, 2.45) is 0 Å². The normalized spacial score (nSPS) is 12.0. The monoisotopic (exact) mass is 477 g/mol. The highest BCUT2D eigenvalue weighted by molar-refractivity contribution is 6.01. The Morgan fingerprint density at radius 2 is 1.23 bits per heavy atom. The van der Waals surface area contributed by atoms with Crippen LogP contribution in [-0.2, 0) is 19.1 Å². The molecule has 0 aliphatic carbocycles. The lowest BCUT2D eigenvalue weighted by Gasteiger charge is -2.23. The van der Waals surface area contributed by atoms with Crippen molar-refractivity contribution in [3.05, 3.63) is 96.1 Å². The van der Waals surface area contributed by atoms with Crippen LogP contribution in [-0.4, -0.2) is 47.7 Å². The quantitative estimate of drug-likeness (QED) is 0.424. The third-order valence-corrected chi connectivity index (χ3v) is 4.70. The number of carbonyl (C=O) groups excluding carboxylic acids is 3.